The molecule has 1 amide bonds. The van der Waals surface area contributed by atoms with Gasteiger partial charge in [0.1, 0.15) is 0 Å². The number of hydrogen-bond acceptors (Lipinski definition) is 2. The standard InChI is InChI=1S/C14H20Cl2N2O/c1-9(2)14(19)18-7-6-17-10(3)12-8-11(15)4-5-13(12)16/h4-5,8-10,17H,6-7H2,1-3H3,(H,18,19). The van der Waals surface area contributed by atoms with Gasteiger partial charge in [0.15, 0.2) is 0 Å². The molecule has 1 aromatic carbocycles. The smallest absolute Gasteiger partial charge is 0.222 e. The average molecular weight is 303 g/mol. The maximum absolute atomic E-state index is 11.4. The summed E-state index contributed by atoms with van der Waals surface area (Å²) in [5.41, 5.74) is 0.962. The molecule has 0 fully saturated rings. The molecule has 19 heavy (non-hydrogen) atoms. The van der Waals surface area contributed by atoms with E-state index in [4.69, 9.17) is 23.2 Å². The minimum absolute atomic E-state index is 0.0137. The largest absolute Gasteiger partial charge is 0.355 e. The molecular formula is C14H20Cl2N2O. The van der Waals surface area contributed by atoms with Gasteiger partial charge in [0.25, 0.3) is 0 Å². The molecule has 0 heterocycles. The van der Waals surface area contributed by atoms with E-state index < -0.39 is 0 Å². The maximum atomic E-state index is 11.4. The first-order valence-electron chi connectivity index (χ1n) is 6.38. The number of rotatable bonds is 6. The highest BCUT2D eigenvalue weighted by Crippen LogP contribution is 2.25. The Balaban J connectivity index is 2.41. The fraction of sp³-hybridized carbons (Fsp3) is 0.500. The van der Waals surface area contributed by atoms with Crippen LogP contribution in [0, 0.1) is 5.92 Å². The van der Waals surface area contributed by atoms with E-state index in [1.54, 1.807) is 12.1 Å². The Labute approximate surface area is 124 Å². The van der Waals surface area contributed by atoms with Crippen LogP contribution in [0.1, 0.15) is 32.4 Å². The number of amides is 1. The van der Waals surface area contributed by atoms with E-state index in [1.807, 2.05) is 26.8 Å². The zero-order valence-corrected chi connectivity index (χ0v) is 13.0. The highest BCUT2D eigenvalue weighted by atomic mass is 35.5. The summed E-state index contributed by atoms with van der Waals surface area (Å²) in [6.07, 6.45) is 0. The monoisotopic (exact) mass is 302 g/mol. The molecule has 1 atom stereocenters. The molecule has 1 rings (SSSR count). The van der Waals surface area contributed by atoms with Crippen LogP contribution in [0.25, 0.3) is 0 Å². The number of carbonyl (C=O) groups excluding carboxylic acids is 1. The van der Waals surface area contributed by atoms with Crippen LogP contribution >= 0.6 is 23.2 Å². The van der Waals surface area contributed by atoms with E-state index in [9.17, 15) is 4.79 Å². The Kier molecular flexibility index (Phi) is 6.63. The summed E-state index contributed by atoms with van der Waals surface area (Å²) in [4.78, 5) is 11.4. The first-order valence-corrected chi connectivity index (χ1v) is 7.13. The summed E-state index contributed by atoms with van der Waals surface area (Å²) in [5.74, 6) is 0.0787. The van der Waals surface area contributed by atoms with Gasteiger partial charge in [-0.3, -0.25) is 4.79 Å². The number of benzene rings is 1. The summed E-state index contributed by atoms with van der Waals surface area (Å²) in [6, 6.07) is 5.50. The van der Waals surface area contributed by atoms with Crippen molar-refractivity contribution in [2.75, 3.05) is 13.1 Å². The minimum atomic E-state index is 0.0137. The zero-order chi connectivity index (χ0) is 14.4. The van der Waals surface area contributed by atoms with Crippen molar-refractivity contribution in [1.29, 1.82) is 0 Å². The fourth-order valence-corrected chi connectivity index (χ4v) is 2.10. The lowest BCUT2D eigenvalue weighted by Crippen LogP contribution is -2.35. The molecule has 0 aliphatic rings. The lowest BCUT2D eigenvalue weighted by atomic mass is 10.1. The molecule has 3 nitrogen and oxygen atoms in total. The molecule has 0 bridgehead atoms. The van der Waals surface area contributed by atoms with E-state index in [0.717, 1.165) is 5.56 Å². The van der Waals surface area contributed by atoms with Gasteiger partial charge in [0.2, 0.25) is 5.91 Å². The van der Waals surface area contributed by atoms with Crippen LogP contribution in [0.4, 0.5) is 0 Å². The molecule has 0 saturated heterocycles. The summed E-state index contributed by atoms with van der Waals surface area (Å²) >= 11 is 12.1. The predicted octanol–water partition coefficient (Wildman–Crippen LogP) is 3.42. The Hall–Kier alpha value is -0.770. The molecule has 0 spiro atoms. The van der Waals surface area contributed by atoms with E-state index in [2.05, 4.69) is 10.6 Å². The van der Waals surface area contributed by atoms with Crippen LogP contribution < -0.4 is 10.6 Å². The lowest BCUT2D eigenvalue weighted by molar-refractivity contribution is -0.123. The molecule has 106 valence electrons. The Bertz CT molecular complexity index is 435. The third kappa shape index (κ3) is 5.39. The molecular weight excluding hydrogens is 283 g/mol. The van der Waals surface area contributed by atoms with E-state index >= 15 is 0 Å². The second kappa shape index (κ2) is 7.73. The van der Waals surface area contributed by atoms with E-state index in [-0.39, 0.29) is 17.9 Å². The van der Waals surface area contributed by atoms with Crippen LogP contribution in [0.15, 0.2) is 18.2 Å². The van der Waals surface area contributed by atoms with Crippen molar-refractivity contribution >= 4 is 29.1 Å². The van der Waals surface area contributed by atoms with Gasteiger partial charge in [0.05, 0.1) is 0 Å². The quantitative estimate of drug-likeness (QED) is 0.791. The van der Waals surface area contributed by atoms with Gasteiger partial charge in [-0.2, -0.15) is 0 Å². The third-order valence-electron chi connectivity index (χ3n) is 2.82. The van der Waals surface area contributed by atoms with Crippen LogP contribution in [0.2, 0.25) is 10.0 Å². The lowest BCUT2D eigenvalue weighted by Gasteiger charge is -2.16. The van der Waals surface area contributed by atoms with Gasteiger partial charge in [-0.15, -0.1) is 0 Å². The van der Waals surface area contributed by atoms with Crippen molar-refractivity contribution in [3.63, 3.8) is 0 Å². The van der Waals surface area contributed by atoms with Crippen LogP contribution in [-0.4, -0.2) is 19.0 Å². The van der Waals surface area contributed by atoms with Crippen LogP contribution in [0.5, 0.6) is 0 Å². The second-order valence-corrected chi connectivity index (χ2v) is 5.63. The first kappa shape index (κ1) is 16.3. The van der Waals surface area contributed by atoms with Gasteiger partial charge >= 0.3 is 0 Å². The molecule has 0 aromatic heterocycles. The normalized spacial score (nSPS) is 12.5. The van der Waals surface area contributed by atoms with Crippen molar-refractivity contribution in [1.82, 2.24) is 10.6 Å². The van der Waals surface area contributed by atoms with Crippen LogP contribution in [0.3, 0.4) is 0 Å². The van der Waals surface area contributed by atoms with Gasteiger partial charge in [-0.25, -0.2) is 0 Å². The van der Waals surface area contributed by atoms with Crippen molar-refractivity contribution in [2.24, 2.45) is 5.92 Å². The SMILES string of the molecule is CC(C)C(=O)NCCNC(C)c1cc(Cl)ccc1Cl. The fourth-order valence-electron chi connectivity index (χ4n) is 1.63. The summed E-state index contributed by atoms with van der Waals surface area (Å²) in [6.45, 7) is 7.04. The summed E-state index contributed by atoms with van der Waals surface area (Å²) < 4.78 is 0. The van der Waals surface area contributed by atoms with Crippen molar-refractivity contribution in [2.45, 2.75) is 26.8 Å². The maximum Gasteiger partial charge on any atom is 0.222 e. The van der Waals surface area contributed by atoms with Gasteiger partial charge < -0.3 is 10.6 Å². The van der Waals surface area contributed by atoms with E-state index in [1.165, 1.54) is 0 Å². The molecule has 0 aliphatic carbocycles. The highest BCUT2D eigenvalue weighted by molar-refractivity contribution is 6.33. The summed E-state index contributed by atoms with van der Waals surface area (Å²) in [5, 5.41) is 7.52. The molecule has 0 radical (unpaired) electrons. The van der Waals surface area contributed by atoms with Gasteiger partial charge in [0, 0.05) is 35.1 Å². The van der Waals surface area contributed by atoms with Crippen molar-refractivity contribution in [3.05, 3.63) is 33.8 Å². The summed E-state index contributed by atoms with van der Waals surface area (Å²) in [7, 11) is 0. The first-order chi connectivity index (χ1) is 8.91. The average Bonchev–Trinajstić information content (AvgIpc) is 2.36. The Morgan fingerprint density at radius 3 is 2.53 bits per heavy atom. The number of nitrogens with one attached hydrogen (secondary N) is 2. The van der Waals surface area contributed by atoms with Gasteiger partial charge in [-0.05, 0) is 30.7 Å². The third-order valence-corrected chi connectivity index (χ3v) is 3.40. The highest BCUT2D eigenvalue weighted by Gasteiger charge is 2.10. The van der Waals surface area contributed by atoms with Crippen molar-refractivity contribution < 1.29 is 4.79 Å². The zero-order valence-electron chi connectivity index (χ0n) is 11.5. The Morgan fingerprint density at radius 1 is 1.21 bits per heavy atom. The van der Waals surface area contributed by atoms with Gasteiger partial charge in [-0.1, -0.05) is 37.0 Å². The van der Waals surface area contributed by atoms with E-state index in [0.29, 0.717) is 23.1 Å². The molecule has 1 unspecified atom stereocenters. The minimum Gasteiger partial charge on any atom is -0.355 e. The van der Waals surface area contributed by atoms with Crippen LogP contribution in [-0.2, 0) is 4.79 Å². The molecule has 1 aromatic rings. The molecule has 0 aliphatic heterocycles. The number of carbonyl (C=O) groups is 1. The van der Waals surface area contributed by atoms with Crippen molar-refractivity contribution in [3.8, 4) is 0 Å². The number of hydrogen-bond donors (Lipinski definition) is 2. The molecule has 0 saturated carbocycles. The predicted molar refractivity (Wildman–Crippen MR) is 80.7 cm³/mol. The Morgan fingerprint density at radius 2 is 1.89 bits per heavy atom. The number of halogens is 2. The molecule has 5 heteroatoms. The second-order valence-electron chi connectivity index (χ2n) is 4.79. The topological polar surface area (TPSA) is 41.1 Å². The molecule has 2 N–H and O–H groups in total.